The number of rotatable bonds is 8. The Morgan fingerprint density at radius 3 is 1.88 bits per heavy atom. The molecule has 3 heterocycles. The van der Waals surface area contributed by atoms with Crippen molar-refractivity contribution in [3.63, 3.8) is 0 Å². The molecule has 0 saturated carbocycles. The van der Waals surface area contributed by atoms with Crippen molar-refractivity contribution in [3.8, 4) is 5.88 Å². The number of fused-ring (bicyclic) bond motifs is 3. The molecule has 0 saturated heterocycles. The van der Waals surface area contributed by atoms with E-state index in [9.17, 15) is 29.1 Å². The van der Waals surface area contributed by atoms with Gasteiger partial charge in [-0.25, -0.2) is 4.98 Å². The second-order valence-corrected chi connectivity index (χ2v) is 10.1. The average molecular weight is 593 g/mol. The van der Waals surface area contributed by atoms with Gasteiger partial charge in [-0.1, -0.05) is 0 Å². The summed E-state index contributed by atoms with van der Waals surface area (Å²) in [6.07, 6.45) is 1.07. The summed E-state index contributed by atoms with van der Waals surface area (Å²) >= 11 is 0. The maximum atomic E-state index is 13.8. The molecule has 0 spiro atoms. The molecule has 0 unspecified atom stereocenters. The topological polar surface area (TPSA) is 151 Å². The molecule has 0 aliphatic rings. The number of nitrogens with zero attached hydrogens (tertiary/aromatic N) is 5. The Morgan fingerprint density at radius 1 is 0.750 bits per heavy atom. The predicted molar refractivity (Wildman–Crippen MR) is 161 cm³/mol. The lowest BCUT2D eigenvalue weighted by Crippen LogP contribution is -2.36. The van der Waals surface area contributed by atoms with Crippen LogP contribution in [0.5, 0.6) is 5.88 Å². The summed E-state index contributed by atoms with van der Waals surface area (Å²) in [6.45, 7) is 1.60. The van der Waals surface area contributed by atoms with Crippen molar-refractivity contribution in [3.05, 3.63) is 63.9 Å². The number of hydrogen-bond acceptors (Lipinski definition) is 9. The molecule has 214 valence electrons. The monoisotopic (exact) mass is 592 g/mol. The van der Waals surface area contributed by atoms with Crippen LogP contribution in [0.4, 0.5) is 0 Å². The molecule has 2 aromatic carbocycles. The van der Waals surface area contributed by atoms with Crippen LogP contribution in [0.1, 0.15) is 12.8 Å². The van der Waals surface area contributed by atoms with Gasteiger partial charge < -0.3 is 19.9 Å². The smallest absolute Gasteiger partial charge is 0.335 e. The van der Waals surface area contributed by atoms with E-state index in [1.54, 1.807) is 0 Å². The third-order valence-corrected chi connectivity index (χ3v) is 6.94. The lowest BCUT2D eigenvalue weighted by atomic mass is 9.94. The minimum atomic E-state index is -1.11. The molecule has 3 aromatic heterocycles. The van der Waals surface area contributed by atoms with Gasteiger partial charge in [0.2, 0.25) is 5.88 Å². The predicted octanol–water partition coefficient (Wildman–Crippen LogP) is 0.755. The van der Waals surface area contributed by atoms with Crippen LogP contribution in [0.25, 0.3) is 43.4 Å². The SMILES string of the molecule is CN(C)CCCn1c(O)c2ccc3c(=O)n(CCCN(C)C)c(=O)c4c5[nH]c(=O)c(=O)nc5c(c1=O)c2c34.Cl.Cl. The van der Waals surface area contributed by atoms with Gasteiger partial charge in [0.25, 0.3) is 16.7 Å². The number of aromatic hydroxyl groups is 1. The van der Waals surface area contributed by atoms with Crippen LogP contribution in [0.15, 0.2) is 36.1 Å². The first-order valence-electron chi connectivity index (χ1n) is 12.3. The fourth-order valence-corrected chi connectivity index (χ4v) is 5.20. The zero-order valence-corrected chi connectivity index (χ0v) is 24.1. The lowest BCUT2D eigenvalue weighted by Gasteiger charge is -2.18. The number of pyridine rings is 2. The molecule has 14 heteroatoms. The maximum absolute atomic E-state index is 13.8. The van der Waals surface area contributed by atoms with Crippen LogP contribution in [-0.2, 0) is 13.1 Å². The molecule has 2 N–H and O–H groups in total. The highest BCUT2D eigenvalue weighted by Gasteiger charge is 2.26. The fourth-order valence-electron chi connectivity index (χ4n) is 5.20. The number of aromatic amines is 1. The zero-order chi connectivity index (χ0) is 27.5. The molecule has 5 rings (SSSR count). The molecule has 0 bridgehead atoms. The zero-order valence-electron chi connectivity index (χ0n) is 22.4. The Morgan fingerprint density at radius 2 is 1.27 bits per heavy atom. The van der Waals surface area contributed by atoms with Gasteiger partial charge in [0.1, 0.15) is 5.52 Å². The van der Waals surface area contributed by atoms with Crippen LogP contribution < -0.4 is 27.8 Å². The van der Waals surface area contributed by atoms with Crippen LogP contribution in [0, 0.1) is 0 Å². The average Bonchev–Trinajstić information content (AvgIpc) is 2.85. The highest BCUT2D eigenvalue weighted by atomic mass is 35.5. The summed E-state index contributed by atoms with van der Waals surface area (Å²) in [4.78, 5) is 75.9. The van der Waals surface area contributed by atoms with Gasteiger partial charge in [-0.2, -0.15) is 0 Å². The molecule has 5 aromatic rings. The number of H-pyrrole nitrogens is 1. The first kappa shape index (κ1) is 31.0. The molecule has 0 amide bonds. The number of hydrogen-bond donors (Lipinski definition) is 2. The highest BCUT2D eigenvalue weighted by Crippen LogP contribution is 2.38. The van der Waals surface area contributed by atoms with Crippen molar-refractivity contribution in [2.45, 2.75) is 25.9 Å². The van der Waals surface area contributed by atoms with E-state index in [4.69, 9.17) is 0 Å². The Bertz CT molecular complexity index is 2020. The van der Waals surface area contributed by atoms with Crippen molar-refractivity contribution in [2.24, 2.45) is 0 Å². The summed E-state index contributed by atoms with van der Waals surface area (Å²) in [5.41, 5.74) is -4.18. The van der Waals surface area contributed by atoms with Crippen molar-refractivity contribution in [2.75, 3.05) is 41.3 Å². The van der Waals surface area contributed by atoms with E-state index in [1.165, 1.54) is 16.7 Å². The van der Waals surface area contributed by atoms with Crippen LogP contribution in [0.2, 0.25) is 0 Å². The molecule has 0 atom stereocenters. The van der Waals surface area contributed by atoms with Crippen LogP contribution in [-0.4, -0.2) is 75.3 Å². The number of halogens is 2. The van der Waals surface area contributed by atoms with E-state index >= 15 is 0 Å². The van der Waals surface area contributed by atoms with Gasteiger partial charge in [0, 0.05) is 34.6 Å². The van der Waals surface area contributed by atoms with Crippen molar-refractivity contribution < 1.29 is 5.11 Å². The Kier molecular flexibility index (Phi) is 8.90. The number of nitrogens with one attached hydrogen (secondary N) is 1. The second kappa shape index (κ2) is 11.5. The van der Waals surface area contributed by atoms with Crippen molar-refractivity contribution >= 4 is 68.2 Å². The van der Waals surface area contributed by atoms with E-state index in [2.05, 4.69) is 9.97 Å². The summed E-state index contributed by atoms with van der Waals surface area (Å²) < 4.78 is 2.30. The normalized spacial score (nSPS) is 11.8. The summed E-state index contributed by atoms with van der Waals surface area (Å²) in [5.74, 6) is -0.307. The molecule has 0 aliphatic carbocycles. The van der Waals surface area contributed by atoms with E-state index in [0.29, 0.717) is 25.9 Å². The Hall–Kier alpha value is -3.58. The van der Waals surface area contributed by atoms with Crippen molar-refractivity contribution in [1.29, 1.82) is 0 Å². The van der Waals surface area contributed by atoms with Crippen molar-refractivity contribution in [1.82, 2.24) is 28.9 Å². The molecule has 0 aliphatic heterocycles. The summed E-state index contributed by atoms with van der Waals surface area (Å²) in [5, 5.41) is 11.8. The third kappa shape index (κ3) is 4.81. The number of benzene rings is 2. The van der Waals surface area contributed by atoms with E-state index in [1.807, 2.05) is 38.0 Å². The van der Waals surface area contributed by atoms with Gasteiger partial charge in [-0.3, -0.25) is 33.1 Å². The highest BCUT2D eigenvalue weighted by molar-refractivity contribution is 6.32. The summed E-state index contributed by atoms with van der Waals surface area (Å²) in [7, 11) is 7.54. The van der Waals surface area contributed by atoms with Gasteiger partial charge >= 0.3 is 11.1 Å². The quantitative estimate of drug-likeness (QED) is 0.151. The van der Waals surface area contributed by atoms with Gasteiger partial charge in [-0.05, 0) is 66.3 Å². The Balaban J connectivity index is 0.00000220. The maximum Gasteiger partial charge on any atom is 0.335 e. The van der Waals surface area contributed by atoms with Crippen LogP contribution in [0.3, 0.4) is 0 Å². The van der Waals surface area contributed by atoms with Gasteiger partial charge in [-0.15, -0.1) is 24.8 Å². The second-order valence-electron chi connectivity index (χ2n) is 10.1. The standard InChI is InChI=1S/C26H28N6O6.2ClH/c1-29(2)9-5-11-31-23(35)13-7-8-14-16-15(13)17(25(31)37)19-20(28-22(34)21(33)27-19)18(16)26(38)32(24(14)36)12-6-10-30(3)4;;/h7-8,35H,5-6,9-12H2,1-4H3,(H,28,34);2*1H. The molecule has 0 radical (unpaired) electrons. The molecule has 12 nitrogen and oxygen atoms in total. The summed E-state index contributed by atoms with van der Waals surface area (Å²) in [6, 6.07) is 3.05. The fraction of sp³-hybridized carbons (Fsp3) is 0.385. The van der Waals surface area contributed by atoms with E-state index in [0.717, 1.165) is 4.57 Å². The molecular weight excluding hydrogens is 563 g/mol. The van der Waals surface area contributed by atoms with Gasteiger partial charge in [0.05, 0.1) is 16.3 Å². The molecule has 0 fully saturated rings. The first-order chi connectivity index (χ1) is 18.0. The lowest BCUT2D eigenvalue weighted by molar-refractivity contribution is 0.365. The molecule has 40 heavy (non-hydrogen) atoms. The van der Waals surface area contributed by atoms with E-state index in [-0.39, 0.29) is 87.1 Å². The van der Waals surface area contributed by atoms with Gasteiger partial charge in [0.15, 0.2) is 0 Å². The molecular formula is C26H30Cl2N6O6. The number of aromatic nitrogens is 4. The minimum absolute atomic E-state index is 0. The van der Waals surface area contributed by atoms with Crippen LogP contribution >= 0.6 is 24.8 Å². The van der Waals surface area contributed by atoms with E-state index < -0.39 is 27.8 Å². The first-order valence-corrected chi connectivity index (χ1v) is 12.3. The third-order valence-electron chi connectivity index (χ3n) is 6.94. The Labute approximate surface area is 239 Å². The minimum Gasteiger partial charge on any atom is -0.494 e. The largest absolute Gasteiger partial charge is 0.494 e.